The standard InChI is InChI=1S/C28H34BrN3O4S/c1-3-31(22-8-4-6-19(16-22)7-5-14-29)26(33)18-32-23-13-15-37-25(23)17-24(32)27(34)30-21-11-9-20(10-12-21)28(35)36-2/h4,6,8,13,15-17,20-21H,3,5,7,9-12,14,18H2,1-2H3,(H,30,34). The zero-order valence-corrected chi connectivity index (χ0v) is 23.8. The Balaban J connectivity index is 1.50. The van der Waals surface area contributed by atoms with Crippen LogP contribution in [0.1, 0.15) is 55.1 Å². The number of esters is 1. The monoisotopic (exact) mass is 587 g/mol. The van der Waals surface area contributed by atoms with Crippen LogP contribution in [0.25, 0.3) is 10.2 Å². The number of hydrogen-bond donors (Lipinski definition) is 1. The van der Waals surface area contributed by atoms with Crippen molar-refractivity contribution in [2.24, 2.45) is 5.92 Å². The molecule has 0 saturated heterocycles. The van der Waals surface area contributed by atoms with Crippen LogP contribution in [-0.4, -0.2) is 47.4 Å². The molecule has 2 aromatic heterocycles. The van der Waals surface area contributed by atoms with Crippen molar-refractivity contribution in [2.75, 3.05) is 23.9 Å². The fourth-order valence-electron chi connectivity index (χ4n) is 5.11. The van der Waals surface area contributed by atoms with Crippen LogP contribution in [0.3, 0.4) is 0 Å². The first-order valence-electron chi connectivity index (χ1n) is 12.9. The summed E-state index contributed by atoms with van der Waals surface area (Å²) in [6, 6.07) is 12.0. The number of likely N-dealkylation sites (N-methyl/N-ethyl adjacent to an activating group) is 1. The number of anilines is 1. The normalized spacial score (nSPS) is 17.5. The fourth-order valence-corrected chi connectivity index (χ4v) is 6.21. The Labute approximate surface area is 230 Å². The smallest absolute Gasteiger partial charge is 0.308 e. The molecule has 1 N–H and O–H groups in total. The largest absolute Gasteiger partial charge is 0.469 e. The Morgan fingerprint density at radius 3 is 2.65 bits per heavy atom. The number of hydrogen-bond acceptors (Lipinski definition) is 5. The summed E-state index contributed by atoms with van der Waals surface area (Å²) < 4.78 is 7.68. The lowest BCUT2D eigenvalue weighted by Crippen LogP contribution is -2.40. The van der Waals surface area contributed by atoms with Gasteiger partial charge in [-0.05, 0) is 80.7 Å². The number of nitrogens with zero attached hydrogens (tertiary/aromatic N) is 2. The topological polar surface area (TPSA) is 80.6 Å². The van der Waals surface area contributed by atoms with E-state index in [-0.39, 0.29) is 36.3 Å². The quantitative estimate of drug-likeness (QED) is 0.249. The molecule has 0 unspecified atom stereocenters. The molecule has 1 fully saturated rings. The number of carbonyl (C=O) groups excluding carboxylic acids is 3. The highest BCUT2D eigenvalue weighted by Crippen LogP contribution is 2.28. The van der Waals surface area contributed by atoms with Gasteiger partial charge in [-0.3, -0.25) is 14.4 Å². The SMILES string of the molecule is CCN(C(=O)Cn1c(C(=O)NC2CCC(C(=O)OC)CC2)cc2sccc21)c1cccc(CCCBr)c1. The third-order valence-corrected chi connectivity index (χ3v) is 8.50. The summed E-state index contributed by atoms with van der Waals surface area (Å²) in [7, 11) is 1.42. The number of fused-ring (bicyclic) bond motifs is 1. The highest BCUT2D eigenvalue weighted by Gasteiger charge is 2.29. The average Bonchev–Trinajstić information content (AvgIpc) is 3.51. The number of aryl methyl sites for hydroxylation is 1. The van der Waals surface area contributed by atoms with Gasteiger partial charge in [-0.2, -0.15) is 0 Å². The van der Waals surface area contributed by atoms with Crippen LogP contribution in [0.4, 0.5) is 5.69 Å². The second kappa shape index (κ2) is 12.7. The second-order valence-corrected chi connectivity index (χ2v) is 11.2. The van der Waals surface area contributed by atoms with Gasteiger partial charge < -0.3 is 19.5 Å². The van der Waals surface area contributed by atoms with E-state index in [0.717, 1.165) is 46.9 Å². The van der Waals surface area contributed by atoms with Gasteiger partial charge in [0.25, 0.3) is 5.91 Å². The van der Waals surface area contributed by atoms with Gasteiger partial charge in [0, 0.05) is 23.6 Å². The number of alkyl halides is 1. The van der Waals surface area contributed by atoms with Crippen molar-refractivity contribution in [1.82, 2.24) is 9.88 Å². The van der Waals surface area contributed by atoms with Gasteiger partial charge in [0.2, 0.25) is 5.91 Å². The van der Waals surface area contributed by atoms with Crippen molar-refractivity contribution in [3.63, 3.8) is 0 Å². The minimum absolute atomic E-state index is 0.0000980. The summed E-state index contributed by atoms with van der Waals surface area (Å²) in [6.07, 6.45) is 4.84. The summed E-state index contributed by atoms with van der Waals surface area (Å²) in [5, 5.41) is 6.06. The molecule has 7 nitrogen and oxygen atoms in total. The first kappa shape index (κ1) is 27.4. The molecular weight excluding hydrogens is 554 g/mol. The van der Waals surface area contributed by atoms with Crippen LogP contribution in [0.5, 0.6) is 0 Å². The molecule has 198 valence electrons. The lowest BCUT2D eigenvalue weighted by Gasteiger charge is -2.28. The minimum Gasteiger partial charge on any atom is -0.469 e. The zero-order valence-electron chi connectivity index (χ0n) is 21.4. The molecule has 3 aromatic rings. The lowest BCUT2D eigenvalue weighted by molar-refractivity contribution is -0.146. The van der Waals surface area contributed by atoms with Crippen LogP contribution < -0.4 is 10.2 Å². The molecular formula is C28H34BrN3O4S. The van der Waals surface area contributed by atoms with E-state index < -0.39 is 0 Å². The van der Waals surface area contributed by atoms with E-state index in [2.05, 4.69) is 33.4 Å². The molecule has 2 amide bonds. The lowest BCUT2D eigenvalue weighted by atomic mass is 9.86. The number of rotatable bonds is 10. The van der Waals surface area contributed by atoms with Gasteiger partial charge in [0.05, 0.1) is 23.2 Å². The first-order valence-corrected chi connectivity index (χ1v) is 14.9. The highest BCUT2D eigenvalue weighted by molar-refractivity contribution is 9.09. The number of ether oxygens (including phenoxy) is 1. The maximum absolute atomic E-state index is 13.6. The van der Waals surface area contributed by atoms with Crippen LogP contribution in [0, 0.1) is 5.92 Å². The molecule has 1 aliphatic carbocycles. The zero-order chi connectivity index (χ0) is 26.4. The van der Waals surface area contributed by atoms with Crippen molar-refractivity contribution in [2.45, 2.75) is 58.0 Å². The molecule has 0 aliphatic heterocycles. The molecule has 0 radical (unpaired) electrons. The molecule has 4 rings (SSSR count). The van der Waals surface area contributed by atoms with Gasteiger partial charge in [0.15, 0.2) is 0 Å². The summed E-state index contributed by atoms with van der Waals surface area (Å²) in [6.45, 7) is 2.59. The van der Waals surface area contributed by atoms with E-state index >= 15 is 0 Å². The molecule has 0 bridgehead atoms. The number of benzene rings is 1. The van der Waals surface area contributed by atoms with Crippen LogP contribution in [0.2, 0.25) is 0 Å². The van der Waals surface area contributed by atoms with E-state index in [1.165, 1.54) is 12.7 Å². The van der Waals surface area contributed by atoms with Crippen LogP contribution in [0.15, 0.2) is 41.8 Å². The van der Waals surface area contributed by atoms with Gasteiger partial charge >= 0.3 is 5.97 Å². The summed E-state index contributed by atoms with van der Waals surface area (Å²) in [5.41, 5.74) is 3.46. The van der Waals surface area contributed by atoms with Gasteiger partial charge in [-0.15, -0.1) is 11.3 Å². The van der Waals surface area contributed by atoms with Crippen molar-refractivity contribution >= 4 is 61.0 Å². The van der Waals surface area contributed by atoms with E-state index in [4.69, 9.17) is 4.74 Å². The van der Waals surface area contributed by atoms with Crippen molar-refractivity contribution < 1.29 is 19.1 Å². The molecule has 0 spiro atoms. The molecule has 37 heavy (non-hydrogen) atoms. The fraction of sp³-hybridized carbons (Fsp3) is 0.464. The number of nitrogens with one attached hydrogen (secondary N) is 1. The number of aromatic nitrogens is 1. The maximum atomic E-state index is 13.6. The molecule has 9 heteroatoms. The van der Waals surface area contributed by atoms with Crippen molar-refractivity contribution in [1.29, 1.82) is 0 Å². The number of methoxy groups -OCH3 is 1. The third kappa shape index (κ3) is 6.44. The molecule has 1 aromatic carbocycles. The Hall–Kier alpha value is -2.65. The summed E-state index contributed by atoms with van der Waals surface area (Å²) in [4.78, 5) is 40.5. The van der Waals surface area contributed by atoms with E-state index in [0.29, 0.717) is 25.1 Å². The van der Waals surface area contributed by atoms with Gasteiger partial charge in [-0.25, -0.2) is 0 Å². The highest BCUT2D eigenvalue weighted by atomic mass is 79.9. The predicted molar refractivity (Wildman–Crippen MR) is 152 cm³/mol. The molecule has 0 atom stereocenters. The number of amides is 2. The van der Waals surface area contributed by atoms with Gasteiger partial charge in [-0.1, -0.05) is 28.1 Å². The van der Waals surface area contributed by atoms with Crippen LogP contribution in [-0.2, 0) is 27.3 Å². The third-order valence-electron chi connectivity index (χ3n) is 7.08. The van der Waals surface area contributed by atoms with E-state index in [1.54, 1.807) is 16.2 Å². The van der Waals surface area contributed by atoms with Gasteiger partial charge in [0.1, 0.15) is 12.2 Å². The van der Waals surface area contributed by atoms with Crippen molar-refractivity contribution in [3.8, 4) is 0 Å². The first-order chi connectivity index (χ1) is 17.9. The van der Waals surface area contributed by atoms with E-state index in [9.17, 15) is 14.4 Å². The molecule has 2 heterocycles. The number of halogens is 1. The average molecular weight is 589 g/mol. The second-order valence-electron chi connectivity index (χ2n) is 9.43. The minimum atomic E-state index is -0.183. The Morgan fingerprint density at radius 1 is 1.16 bits per heavy atom. The van der Waals surface area contributed by atoms with Crippen LogP contribution >= 0.6 is 27.3 Å². The Kier molecular flexibility index (Phi) is 9.43. The Morgan fingerprint density at radius 2 is 1.95 bits per heavy atom. The van der Waals surface area contributed by atoms with Crippen molar-refractivity contribution in [3.05, 3.63) is 53.0 Å². The number of carbonyl (C=O) groups is 3. The predicted octanol–water partition coefficient (Wildman–Crippen LogP) is 5.55. The number of thiophene rings is 1. The molecule has 1 aliphatic rings. The maximum Gasteiger partial charge on any atom is 0.308 e. The molecule has 1 saturated carbocycles. The summed E-state index contributed by atoms with van der Waals surface area (Å²) >= 11 is 5.04. The van der Waals surface area contributed by atoms with E-state index in [1.807, 2.05) is 41.1 Å². The summed E-state index contributed by atoms with van der Waals surface area (Å²) in [5.74, 6) is -0.511. The Bertz CT molecular complexity index is 1250.